The molecule has 110 valence electrons. The number of carbonyl (C=O) groups excluding carboxylic acids is 1. The maximum atomic E-state index is 12.3. The highest BCUT2D eigenvalue weighted by Crippen LogP contribution is 2.30. The van der Waals surface area contributed by atoms with Gasteiger partial charge in [-0.1, -0.05) is 55.6 Å². The molecule has 21 heavy (non-hydrogen) atoms. The molecule has 0 bridgehead atoms. The number of benzene rings is 1. The first kappa shape index (κ1) is 14.3. The average Bonchev–Trinajstić information content (AvgIpc) is 2.90. The molecular weight excluding hydrogens is 284 g/mol. The van der Waals surface area contributed by atoms with Gasteiger partial charge in [-0.2, -0.15) is 0 Å². The first-order valence-corrected chi connectivity index (χ1v) is 7.86. The molecule has 0 saturated heterocycles. The van der Waals surface area contributed by atoms with Gasteiger partial charge in [-0.15, -0.1) is 0 Å². The number of aromatic nitrogens is 1. The van der Waals surface area contributed by atoms with E-state index in [1.165, 1.54) is 19.3 Å². The molecule has 0 radical (unpaired) electrons. The van der Waals surface area contributed by atoms with Gasteiger partial charge in [0.05, 0.1) is 0 Å². The molecule has 3 nitrogen and oxygen atoms in total. The molecule has 1 aliphatic carbocycles. The SMILES string of the molecule is CC1CCCC1CNC(=O)c1cc2ccccc2c(Cl)n1. The highest BCUT2D eigenvalue weighted by molar-refractivity contribution is 6.34. The van der Waals surface area contributed by atoms with Crippen molar-refractivity contribution in [3.63, 3.8) is 0 Å². The van der Waals surface area contributed by atoms with Crippen LogP contribution >= 0.6 is 11.6 Å². The molecule has 2 atom stereocenters. The number of pyridine rings is 1. The summed E-state index contributed by atoms with van der Waals surface area (Å²) in [5, 5.41) is 5.20. The van der Waals surface area contributed by atoms with Crippen LogP contribution < -0.4 is 5.32 Å². The summed E-state index contributed by atoms with van der Waals surface area (Å²) >= 11 is 6.17. The summed E-state index contributed by atoms with van der Waals surface area (Å²) < 4.78 is 0. The first-order valence-electron chi connectivity index (χ1n) is 7.48. The van der Waals surface area contributed by atoms with Crippen molar-refractivity contribution in [3.8, 4) is 0 Å². The zero-order valence-electron chi connectivity index (χ0n) is 12.1. The summed E-state index contributed by atoms with van der Waals surface area (Å²) in [4.78, 5) is 16.5. The molecule has 1 amide bonds. The minimum absolute atomic E-state index is 0.137. The predicted molar refractivity (Wildman–Crippen MR) is 85.6 cm³/mol. The Morgan fingerprint density at radius 3 is 2.95 bits per heavy atom. The van der Waals surface area contributed by atoms with E-state index in [0.717, 1.165) is 17.3 Å². The van der Waals surface area contributed by atoms with Gasteiger partial charge < -0.3 is 5.32 Å². The monoisotopic (exact) mass is 302 g/mol. The van der Waals surface area contributed by atoms with Gasteiger partial charge in [0.25, 0.3) is 5.91 Å². The lowest BCUT2D eigenvalue weighted by Crippen LogP contribution is -2.30. The van der Waals surface area contributed by atoms with Crippen molar-refractivity contribution in [1.82, 2.24) is 10.3 Å². The summed E-state index contributed by atoms with van der Waals surface area (Å²) in [6.07, 6.45) is 3.73. The van der Waals surface area contributed by atoms with Gasteiger partial charge >= 0.3 is 0 Å². The van der Waals surface area contributed by atoms with Crippen molar-refractivity contribution in [2.24, 2.45) is 11.8 Å². The van der Waals surface area contributed by atoms with Crippen LogP contribution in [-0.4, -0.2) is 17.4 Å². The molecule has 1 N–H and O–H groups in total. The number of rotatable bonds is 3. The molecule has 2 aromatic rings. The molecule has 1 fully saturated rings. The summed E-state index contributed by atoms with van der Waals surface area (Å²) in [6, 6.07) is 9.50. The van der Waals surface area contributed by atoms with E-state index < -0.39 is 0 Å². The molecule has 0 spiro atoms. The second-order valence-corrected chi connectivity index (χ2v) is 6.26. The Kier molecular flexibility index (Phi) is 4.11. The summed E-state index contributed by atoms with van der Waals surface area (Å²) in [5.41, 5.74) is 0.393. The Labute approximate surface area is 129 Å². The molecule has 3 rings (SSSR count). The molecule has 4 heteroatoms. The highest BCUT2D eigenvalue weighted by Gasteiger charge is 2.24. The molecule has 2 unspecified atom stereocenters. The number of hydrogen-bond acceptors (Lipinski definition) is 2. The van der Waals surface area contributed by atoms with E-state index in [-0.39, 0.29) is 5.91 Å². The maximum absolute atomic E-state index is 12.3. The fourth-order valence-corrected chi connectivity index (χ4v) is 3.38. The van der Waals surface area contributed by atoms with E-state index in [1.807, 2.05) is 24.3 Å². The predicted octanol–water partition coefficient (Wildman–Crippen LogP) is 4.05. The van der Waals surface area contributed by atoms with Gasteiger partial charge in [0.1, 0.15) is 10.8 Å². The molecule has 1 aromatic heterocycles. The topological polar surface area (TPSA) is 42.0 Å². The number of nitrogens with one attached hydrogen (secondary N) is 1. The molecule has 1 saturated carbocycles. The van der Waals surface area contributed by atoms with Crippen LogP contribution in [0.15, 0.2) is 30.3 Å². The molecule has 1 aromatic carbocycles. The third-order valence-corrected chi connectivity index (χ3v) is 4.78. The zero-order chi connectivity index (χ0) is 14.8. The first-order chi connectivity index (χ1) is 10.1. The third-order valence-electron chi connectivity index (χ3n) is 4.49. The summed E-state index contributed by atoms with van der Waals surface area (Å²) in [7, 11) is 0. The van der Waals surface area contributed by atoms with Crippen molar-refractivity contribution < 1.29 is 4.79 Å². The lowest BCUT2D eigenvalue weighted by molar-refractivity contribution is 0.0940. The minimum Gasteiger partial charge on any atom is -0.350 e. The summed E-state index contributed by atoms with van der Waals surface area (Å²) in [5.74, 6) is 1.14. The van der Waals surface area contributed by atoms with Crippen LogP contribution in [0.3, 0.4) is 0 Å². The van der Waals surface area contributed by atoms with Gasteiger partial charge in [0, 0.05) is 11.9 Å². The van der Waals surface area contributed by atoms with Gasteiger partial charge in [0.15, 0.2) is 0 Å². The Balaban J connectivity index is 1.75. The average molecular weight is 303 g/mol. The largest absolute Gasteiger partial charge is 0.350 e. The van der Waals surface area contributed by atoms with E-state index in [1.54, 1.807) is 6.07 Å². The fourth-order valence-electron chi connectivity index (χ4n) is 3.11. The van der Waals surface area contributed by atoms with E-state index in [0.29, 0.717) is 22.7 Å². The Hall–Kier alpha value is -1.61. The number of carbonyl (C=O) groups is 1. The van der Waals surface area contributed by atoms with Gasteiger partial charge in [0.2, 0.25) is 0 Å². The Morgan fingerprint density at radius 2 is 2.19 bits per heavy atom. The maximum Gasteiger partial charge on any atom is 0.269 e. The standard InChI is InChI=1S/C17H19ClN2O/c1-11-5-4-7-13(11)10-19-17(21)15-9-12-6-2-3-8-14(12)16(18)20-15/h2-3,6,8-9,11,13H,4-5,7,10H2,1H3,(H,19,21). The minimum atomic E-state index is -0.137. The Bertz CT molecular complexity index is 671. The van der Waals surface area contributed by atoms with E-state index in [9.17, 15) is 4.79 Å². The van der Waals surface area contributed by atoms with Gasteiger partial charge in [-0.3, -0.25) is 4.79 Å². The van der Waals surface area contributed by atoms with Crippen molar-refractivity contribution in [2.75, 3.05) is 6.54 Å². The second-order valence-electron chi connectivity index (χ2n) is 5.90. The lowest BCUT2D eigenvalue weighted by atomic mass is 9.98. The van der Waals surface area contributed by atoms with Gasteiger partial charge in [-0.25, -0.2) is 4.98 Å². The van der Waals surface area contributed by atoms with Crippen LogP contribution in [0.2, 0.25) is 5.15 Å². The van der Waals surface area contributed by atoms with E-state index >= 15 is 0 Å². The number of nitrogens with zero attached hydrogens (tertiary/aromatic N) is 1. The van der Waals surface area contributed by atoms with Crippen molar-refractivity contribution >= 4 is 28.3 Å². The fraction of sp³-hybridized carbons (Fsp3) is 0.412. The molecule has 0 aliphatic heterocycles. The highest BCUT2D eigenvalue weighted by atomic mass is 35.5. The van der Waals surface area contributed by atoms with Crippen molar-refractivity contribution in [2.45, 2.75) is 26.2 Å². The Morgan fingerprint density at radius 1 is 1.38 bits per heavy atom. The number of amides is 1. The summed E-state index contributed by atoms with van der Waals surface area (Å²) in [6.45, 7) is 2.99. The number of halogens is 1. The zero-order valence-corrected chi connectivity index (χ0v) is 12.9. The van der Waals surface area contributed by atoms with Crippen LogP contribution in [0.1, 0.15) is 36.7 Å². The normalized spacial score (nSPS) is 21.6. The van der Waals surface area contributed by atoms with Crippen LogP contribution in [0.25, 0.3) is 10.8 Å². The van der Waals surface area contributed by atoms with Crippen LogP contribution in [0.4, 0.5) is 0 Å². The van der Waals surface area contributed by atoms with Crippen LogP contribution in [0.5, 0.6) is 0 Å². The van der Waals surface area contributed by atoms with Crippen LogP contribution in [-0.2, 0) is 0 Å². The smallest absolute Gasteiger partial charge is 0.269 e. The molecule has 1 heterocycles. The van der Waals surface area contributed by atoms with Crippen LogP contribution in [0, 0.1) is 11.8 Å². The van der Waals surface area contributed by atoms with Gasteiger partial charge in [-0.05, 0) is 29.7 Å². The number of fused-ring (bicyclic) bond motifs is 1. The third kappa shape index (κ3) is 3.03. The lowest BCUT2D eigenvalue weighted by Gasteiger charge is -2.15. The molecule has 1 aliphatic rings. The van der Waals surface area contributed by atoms with Crippen molar-refractivity contribution in [1.29, 1.82) is 0 Å². The van der Waals surface area contributed by atoms with E-state index in [4.69, 9.17) is 11.6 Å². The van der Waals surface area contributed by atoms with E-state index in [2.05, 4.69) is 17.2 Å². The second kappa shape index (κ2) is 6.02. The molecular formula is C17H19ClN2O. The quantitative estimate of drug-likeness (QED) is 0.869. The van der Waals surface area contributed by atoms with Crippen molar-refractivity contribution in [3.05, 3.63) is 41.2 Å². The number of hydrogen-bond donors (Lipinski definition) is 1.